The van der Waals surface area contributed by atoms with E-state index in [1.807, 2.05) is 0 Å². The number of hydrogen-bond donors (Lipinski definition) is 1. The fourth-order valence-corrected chi connectivity index (χ4v) is 4.29. The van der Waals surface area contributed by atoms with Crippen molar-refractivity contribution in [2.24, 2.45) is 0 Å². The molecule has 3 heterocycles. The minimum atomic E-state index is -2.83. The van der Waals surface area contributed by atoms with Gasteiger partial charge in [-0.25, -0.2) is 18.3 Å². The van der Waals surface area contributed by atoms with Crippen molar-refractivity contribution in [1.29, 1.82) is 0 Å². The molecule has 0 saturated carbocycles. The van der Waals surface area contributed by atoms with Gasteiger partial charge < -0.3 is 5.32 Å². The molecule has 5 rings (SSSR count). The Balaban J connectivity index is 1.46. The van der Waals surface area contributed by atoms with Crippen LogP contribution in [0.1, 0.15) is 28.0 Å². The van der Waals surface area contributed by atoms with Gasteiger partial charge in [-0.2, -0.15) is 10.2 Å². The Kier molecular flexibility index (Phi) is 6.61. The Morgan fingerprint density at radius 1 is 1.03 bits per heavy atom. The van der Waals surface area contributed by atoms with Crippen molar-refractivity contribution in [3.05, 3.63) is 98.9 Å². The number of halogens is 5. The van der Waals surface area contributed by atoms with Crippen LogP contribution < -0.4 is 5.32 Å². The second kappa shape index (κ2) is 9.85. The van der Waals surface area contributed by atoms with E-state index < -0.39 is 12.3 Å². The van der Waals surface area contributed by atoms with Crippen LogP contribution in [0.2, 0.25) is 15.1 Å². The number of fused-ring (bicyclic) bond motifs is 1. The predicted octanol–water partition coefficient (Wildman–Crippen LogP) is 6.79. The molecule has 0 aliphatic carbocycles. The Labute approximate surface area is 218 Å². The van der Waals surface area contributed by atoms with Crippen molar-refractivity contribution in [2.75, 3.05) is 5.32 Å². The molecule has 36 heavy (non-hydrogen) atoms. The van der Waals surface area contributed by atoms with E-state index in [1.54, 1.807) is 48.5 Å². The van der Waals surface area contributed by atoms with Crippen molar-refractivity contribution in [3.63, 3.8) is 0 Å². The van der Waals surface area contributed by atoms with Crippen LogP contribution in [-0.2, 0) is 6.54 Å². The highest BCUT2D eigenvalue weighted by Crippen LogP contribution is 2.28. The third-order valence-corrected chi connectivity index (χ3v) is 6.20. The number of carbonyl (C=O) groups excluding carboxylic acids is 1. The van der Waals surface area contributed by atoms with E-state index in [0.717, 1.165) is 10.1 Å². The van der Waals surface area contributed by atoms with E-state index >= 15 is 0 Å². The molecule has 0 atom stereocenters. The van der Waals surface area contributed by atoms with Crippen molar-refractivity contribution < 1.29 is 13.6 Å². The van der Waals surface area contributed by atoms with Gasteiger partial charge in [0.05, 0.1) is 18.4 Å². The van der Waals surface area contributed by atoms with Gasteiger partial charge in [0.25, 0.3) is 12.3 Å². The number of carbonyl (C=O) groups is 1. The van der Waals surface area contributed by atoms with Gasteiger partial charge in [0, 0.05) is 21.8 Å². The van der Waals surface area contributed by atoms with Crippen LogP contribution in [0.25, 0.3) is 16.9 Å². The molecule has 3 aromatic heterocycles. The lowest BCUT2D eigenvalue weighted by Crippen LogP contribution is -2.14. The van der Waals surface area contributed by atoms with Crippen molar-refractivity contribution in [1.82, 2.24) is 24.4 Å². The van der Waals surface area contributed by atoms with Crippen LogP contribution in [-0.4, -0.2) is 30.3 Å². The molecular formula is C24H15Cl3F2N6O. The second-order valence-electron chi connectivity index (χ2n) is 7.74. The molecular weight excluding hydrogens is 533 g/mol. The maximum absolute atomic E-state index is 13.8. The standard InChI is InChI=1S/C24H15Cl3F2N6O/c25-15-7-6-14(17(26)8-15)11-34-12-18(27)22(33-34)32-24(36)16-10-30-35-20(21(28)29)9-19(31-23(16)35)13-4-2-1-3-5-13/h1-10,12,21H,11H2,(H,32,33,36). The molecule has 0 aliphatic heterocycles. The Morgan fingerprint density at radius 2 is 1.81 bits per heavy atom. The fourth-order valence-electron chi connectivity index (χ4n) is 3.62. The maximum Gasteiger partial charge on any atom is 0.280 e. The van der Waals surface area contributed by atoms with Gasteiger partial charge in [0.15, 0.2) is 11.5 Å². The summed E-state index contributed by atoms with van der Waals surface area (Å²) >= 11 is 18.5. The second-order valence-corrected chi connectivity index (χ2v) is 8.99. The van der Waals surface area contributed by atoms with Gasteiger partial charge in [-0.05, 0) is 23.8 Å². The summed E-state index contributed by atoms with van der Waals surface area (Å²) in [6.07, 6.45) is -0.131. The van der Waals surface area contributed by atoms with Crippen LogP contribution in [0.15, 0.2) is 67.0 Å². The normalized spacial score (nSPS) is 11.4. The van der Waals surface area contributed by atoms with Gasteiger partial charge in [-0.1, -0.05) is 71.2 Å². The summed E-state index contributed by atoms with van der Waals surface area (Å²) in [4.78, 5) is 17.5. The molecule has 0 aliphatic rings. The molecule has 1 N–H and O–H groups in total. The van der Waals surface area contributed by atoms with Crippen LogP contribution in [0.3, 0.4) is 0 Å². The fraction of sp³-hybridized carbons (Fsp3) is 0.0833. The zero-order chi connectivity index (χ0) is 25.4. The molecule has 12 heteroatoms. The molecule has 0 unspecified atom stereocenters. The van der Waals surface area contributed by atoms with Crippen LogP contribution in [0, 0.1) is 0 Å². The number of alkyl halides is 2. The number of nitrogens with zero attached hydrogens (tertiary/aromatic N) is 5. The van der Waals surface area contributed by atoms with Crippen LogP contribution >= 0.6 is 34.8 Å². The summed E-state index contributed by atoms with van der Waals surface area (Å²) in [6.45, 7) is 0.280. The van der Waals surface area contributed by atoms with E-state index in [4.69, 9.17) is 34.8 Å². The minimum Gasteiger partial charge on any atom is -0.304 e. The number of aromatic nitrogens is 5. The van der Waals surface area contributed by atoms with Gasteiger partial charge >= 0.3 is 0 Å². The summed E-state index contributed by atoms with van der Waals surface area (Å²) in [5.41, 5.74) is 1.24. The minimum absolute atomic E-state index is 0.0129. The zero-order valence-electron chi connectivity index (χ0n) is 18.2. The van der Waals surface area contributed by atoms with Crippen molar-refractivity contribution >= 4 is 52.2 Å². The summed E-state index contributed by atoms with van der Waals surface area (Å²) in [6, 6.07) is 15.1. The number of amides is 1. The number of anilines is 1. The lowest BCUT2D eigenvalue weighted by Gasteiger charge is -2.08. The average Bonchev–Trinajstić information content (AvgIpc) is 3.43. The largest absolute Gasteiger partial charge is 0.304 e. The average molecular weight is 548 g/mol. The Bertz CT molecular complexity index is 1590. The molecule has 2 aromatic carbocycles. The lowest BCUT2D eigenvalue weighted by atomic mass is 10.1. The first-order valence-corrected chi connectivity index (χ1v) is 11.6. The highest BCUT2D eigenvalue weighted by atomic mass is 35.5. The summed E-state index contributed by atoms with van der Waals surface area (Å²) in [5, 5.41) is 12.0. The molecule has 7 nitrogen and oxygen atoms in total. The van der Waals surface area contributed by atoms with E-state index in [0.29, 0.717) is 15.6 Å². The van der Waals surface area contributed by atoms with E-state index in [9.17, 15) is 13.6 Å². The van der Waals surface area contributed by atoms with Gasteiger partial charge in [0.1, 0.15) is 16.3 Å². The topological polar surface area (TPSA) is 77.1 Å². The van der Waals surface area contributed by atoms with E-state index in [-0.39, 0.29) is 40.0 Å². The van der Waals surface area contributed by atoms with E-state index in [2.05, 4.69) is 20.5 Å². The third kappa shape index (κ3) is 4.77. The molecule has 0 fully saturated rings. The first-order valence-electron chi connectivity index (χ1n) is 10.5. The molecule has 0 bridgehead atoms. The summed E-state index contributed by atoms with van der Waals surface area (Å²) in [7, 11) is 0. The lowest BCUT2D eigenvalue weighted by molar-refractivity contribution is 0.102. The van der Waals surface area contributed by atoms with Gasteiger partial charge in [-0.3, -0.25) is 9.48 Å². The molecule has 0 radical (unpaired) electrons. The SMILES string of the molecule is O=C(Nc1nn(Cc2ccc(Cl)cc2Cl)cc1Cl)c1cnn2c(C(F)F)cc(-c3ccccc3)nc12. The molecule has 5 aromatic rings. The van der Waals surface area contributed by atoms with Gasteiger partial charge in [-0.15, -0.1) is 0 Å². The third-order valence-electron chi connectivity index (χ3n) is 5.33. The highest BCUT2D eigenvalue weighted by Gasteiger charge is 2.23. The number of benzene rings is 2. The quantitative estimate of drug-likeness (QED) is 0.254. The Hall–Kier alpha value is -3.53. The zero-order valence-corrected chi connectivity index (χ0v) is 20.4. The first-order chi connectivity index (χ1) is 17.3. The molecule has 0 saturated heterocycles. The monoisotopic (exact) mass is 546 g/mol. The first kappa shape index (κ1) is 24.2. The smallest absolute Gasteiger partial charge is 0.280 e. The molecule has 1 amide bonds. The summed E-state index contributed by atoms with van der Waals surface area (Å²) < 4.78 is 30.1. The number of hydrogen-bond acceptors (Lipinski definition) is 4. The van der Waals surface area contributed by atoms with E-state index in [1.165, 1.54) is 23.1 Å². The van der Waals surface area contributed by atoms with Crippen molar-refractivity contribution in [3.8, 4) is 11.3 Å². The highest BCUT2D eigenvalue weighted by molar-refractivity contribution is 6.35. The predicted molar refractivity (Wildman–Crippen MR) is 134 cm³/mol. The van der Waals surface area contributed by atoms with Crippen LogP contribution in [0.4, 0.5) is 14.6 Å². The van der Waals surface area contributed by atoms with Gasteiger partial charge in [0.2, 0.25) is 0 Å². The number of nitrogens with one attached hydrogen (secondary N) is 1. The molecule has 0 spiro atoms. The van der Waals surface area contributed by atoms with Crippen LogP contribution in [0.5, 0.6) is 0 Å². The summed E-state index contributed by atoms with van der Waals surface area (Å²) in [5.74, 6) is -0.570. The van der Waals surface area contributed by atoms with Crippen molar-refractivity contribution in [2.45, 2.75) is 13.0 Å². The Morgan fingerprint density at radius 3 is 2.53 bits per heavy atom. The number of rotatable bonds is 6. The maximum atomic E-state index is 13.8. The molecule has 182 valence electrons.